The highest BCUT2D eigenvalue weighted by molar-refractivity contribution is 3.77. The van der Waals surface area contributed by atoms with Crippen molar-refractivity contribution in [1.29, 1.82) is 0 Å². The van der Waals surface area contributed by atoms with Crippen LogP contribution in [0.3, 0.4) is 0 Å². The molecule has 0 rings (SSSR count). The number of nitrogens with two attached hydrogens (primary N) is 4. The lowest BCUT2D eigenvalue weighted by molar-refractivity contribution is -1.03. The summed E-state index contributed by atoms with van der Waals surface area (Å²) in [4.78, 5) is -0.806. The van der Waals surface area contributed by atoms with Crippen molar-refractivity contribution in [3.8, 4) is 0 Å². The summed E-state index contributed by atoms with van der Waals surface area (Å²) in [5, 5.41) is 0. The minimum absolute atomic E-state index is 0.806. The second-order valence-electron chi connectivity index (χ2n) is 1.04. The second-order valence-corrected chi connectivity index (χ2v) is 1.04. The largest absolute Gasteiger partial charge is 0.221 e. The highest BCUT2D eigenvalue weighted by atomic mass is 16.1. The Bertz CT molecular complexity index is 38.0. The summed E-state index contributed by atoms with van der Waals surface area (Å²) in [7, 11) is 0. The van der Waals surface area contributed by atoms with Crippen LogP contribution in [0.15, 0.2) is 0 Å². The third-order valence-corrected chi connectivity index (χ3v) is 0.427. The molecule has 0 bridgehead atoms. The van der Waals surface area contributed by atoms with Crippen molar-refractivity contribution in [2.45, 2.75) is 0 Å². The first-order valence-electron chi connectivity index (χ1n) is 1.54. The molecule has 0 spiro atoms. The van der Waals surface area contributed by atoms with Gasteiger partial charge in [0.2, 0.25) is 0 Å². The lowest BCUT2D eigenvalue weighted by Gasteiger charge is -2.19. The topological polar surface area (TPSA) is 128 Å². The van der Waals surface area contributed by atoms with Crippen LogP contribution < -0.4 is 34.4 Å². The Morgan fingerprint density at radius 2 is 1.29 bits per heavy atom. The molecular weight excluding hydrogens is 98.0 g/mol. The number of hydrogen-bond donors (Lipinski definition) is 6. The van der Waals surface area contributed by atoms with Gasteiger partial charge in [0.15, 0.2) is 0 Å². The monoisotopic (exact) mass is 108 g/mol. The molecule has 0 amide bonds. The minimum Gasteiger partial charge on any atom is -0.221 e. The molecule has 0 heterocycles. The molecule has 7 heavy (non-hydrogen) atoms. The number of hydrogen-bond acceptors (Lipinski definition) is 6. The van der Waals surface area contributed by atoms with Crippen LogP contribution in [0.4, 0.5) is 0 Å². The lowest BCUT2D eigenvalue weighted by Crippen LogP contribution is -2.79. The van der Waals surface area contributed by atoms with Crippen LogP contribution in [0.2, 0.25) is 0 Å². The zero-order valence-corrected chi connectivity index (χ0v) is 3.76. The van der Waals surface area contributed by atoms with E-state index in [1.54, 1.807) is 0 Å². The Balaban J connectivity index is 3.36. The van der Waals surface area contributed by atoms with E-state index < -0.39 is 4.92 Å². The van der Waals surface area contributed by atoms with Gasteiger partial charge in [0.1, 0.15) is 0 Å². The van der Waals surface area contributed by atoms with E-state index in [9.17, 15) is 0 Å². The van der Waals surface area contributed by atoms with Crippen LogP contribution in [0.25, 0.3) is 0 Å². The van der Waals surface area contributed by atoms with E-state index in [2.05, 4.69) is 0 Å². The molecule has 7 nitrogen and oxygen atoms in total. The Kier molecular flexibility index (Phi) is 2.05. The molecule has 0 aliphatic carbocycles. The molecule has 0 unspecified atom stereocenters. The normalized spacial score (nSPS) is 12.0. The summed E-state index contributed by atoms with van der Waals surface area (Å²) in [6.45, 7) is 0. The van der Waals surface area contributed by atoms with Crippen molar-refractivity contribution in [2.75, 3.05) is 0 Å². The highest BCUT2D eigenvalue weighted by Crippen LogP contribution is 1.53. The van der Waals surface area contributed by atoms with E-state index >= 15 is 0 Å². The summed E-state index contributed by atoms with van der Waals surface area (Å²) in [6.07, 6.45) is 0. The summed E-state index contributed by atoms with van der Waals surface area (Å²) in [5.74, 6) is 19.4. The molecule has 0 saturated heterocycles. The molecule has 10 N–H and O–H groups in total. The van der Waals surface area contributed by atoms with E-state index in [0.717, 1.165) is 0 Å². The van der Waals surface area contributed by atoms with Gasteiger partial charge in [-0.1, -0.05) is 0 Å². The first-order valence-corrected chi connectivity index (χ1v) is 1.54. The highest BCUT2D eigenvalue weighted by Gasteiger charge is 2.09. The van der Waals surface area contributed by atoms with E-state index in [1.807, 2.05) is 11.1 Å². The van der Waals surface area contributed by atoms with Gasteiger partial charge in [-0.25, -0.2) is 11.7 Å². The van der Waals surface area contributed by atoms with Gasteiger partial charge in [-0.05, 0) is 16.0 Å². The van der Waals surface area contributed by atoms with Gasteiger partial charge in [0, 0.05) is 0 Å². The van der Waals surface area contributed by atoms with Crippen molar-refractivity contribution >= 4 is 0 Å². The second kappa shape index (κ2) is 2.14. The van der Waals surface area contributed by atoms with Crippen LogP contribution in [-0.2, 0) is 0 Å². The molecule has 0 fully saturated rings. The van der Waals surface area contributed by atoms with E-state index in [1.165, 1.54) is 0 Å². The van der Waals surface area contributed by atoms with Crippen LogP contribution in [0.1, 0.15) is 0 Å². The van der Waals surface area contributed by atoms with Crippen LogP contribution >= 0.6 is 0 Å². The molecule has 0 radical (unpaired) electrons. The van der Waals surface area contributed by atoms with Gasteiger partial charge in [-0.2, -0.15) is 0 Å². The molecule has 0 aromatic rings. The smallest absolute Gasteiger partial charge is 0.000929 e. The van der Waals surface area contributed by atoms with Crippen LogP contribution in [0.5, 0.6) is 0 Å². The van der Waals surface area contributed by atoms with Crippen LogP contribution in [-0.4, -0.2) is 4.92 Å². The Hall–Kier alpha value is -0.280. The van der Waals surface area contributed by atoms with E-state index in [0.29, 0.717) is 0 Å². The fraction of sp³-hybridized carbons (Fsp3) is 0. The fourth-order valence-electron chi connectivity index (χ4n) is 0.0373. The van der Waals surface area contributed by atoms with Crippen molar-refractivity contribution in [3.63, 3.8) is 0 Å². The van der Waals surface area contributed by atoms with Crippen molar-refractivity contribution in [1.82, 2.24) is 11.1 Å². The maximum Gasteiger partial charge on any atom is -0.000929 e. The van der Waals surface area contributed by atoms with Gasteiger partial charge in [0.25, 0.3) is 0 Å². The summed E-state index contributed by atoms with van der Waals surface area (Å²) in [5.41, 5.74) is 3.90. The number of nitrogens with one attached hydrogen (secondary N) is 2. The SMILES string of the molecule is NN[N+](N)(N)NN. The maximum atomic E-state index is 4.96. The quantitative estimate of drug-likeness (QED) is 0.123. The Morgan fingerprint density at radius 3 is 1.29 bits per heavy atom. The van der Waals surface area contributed by atoms with Crippen molar-refractivity contribution in [3.05, 3.63) is 0 Å². The number of rotatable bonds is 2. The average Bonchev–Trinajstić information content (AvgIpc) is 1.68. The predicted molar refractivity (Wildman–Crippen MR) is 23.3 cm³/mol. The summed E-state index contributed by atoms with van der Waals surface area (Å²) < 4.78 is 0. The minimum atomic E-state index is -0.806. The number of hydrazine groups is 2. The summed E-state index contributed by atoms with van der Waals surface area (Å²) >= 11 is 0. The molecule has 0 aromatic heterocycles. The third kappa shape index (κ3) is 2.42. The van der Waals surface area contributed by atoms with Gasteiger partial charge in [-0.15, -0.1) is 11.7 Å². The molecule has 0 aliphatic heterocycles. The van der Waals surface area contributed by atoms with Crippen LogP contribution in [0, 0.1) is 0 Å². The molecule has 44 valence electrons. The first-order chi connectivity index (χ1) is 3.12. The standard InChI is InChI=1S/H10N7/c1-5-7(3,4)6-2/h5-6H,1-4H2/q+1. The molecule has 0 atom stereocenters. The number of nitrogens with zero attached hydrogens (tertiary/aromatic N) is 1. The fourth-order valence-corrected chi connectivity index (χ4v) is 0.0373. The van der Waals surface area contributed by atoms with E-state index in [4.69, 9.17) is 23.4 Å². The molecular formula is H10N7+. The van der Waals surface area contributed by atoms with Crippen molar-refractivity contribution < 1.29 is 4.92 Å². The van der Waals surface area contributed by atoms with Crippen molar-refractivity contribution in [2.24, 2.45) is 23.4 Å². The molecule has 0 saturated carbocycles. The van der Waals surface area contributed by atoms with Gasteiger partial charge >= 0.3 is 0 Å². The van der Waals surface area contributed by atoms with Gasteiger partial charge in [0.05, 0.1) is 0 Å². The third-order valence-electron chi connectivity index (χ3n) is 0.427. The Labute approximate surface area is 40.6 Å². The first kappa shape index (κ1) is 6.72. The zero-order chi connectivity index (χ0) is 5.91. The predicted octanol–water partition coefficient (Wildman–Crippen LogP) is -3.69. The van der Waals surface area contributed by atoms with Gasteiger partial charge in [-0.3, -0.25) is 0 Å². The summed E-state index contributed by atoms with van der Waals surface area (Å²) in [6, 6.07) is 0. The molecule has 7 heteroatoms. The van der Waals surface area contributed by atoms with E-state index in [-0.39, 0.29) is 0 Å². The Morgan fingerprint density at radius 1 is 1.00 bits per heavy atom. The number of quaternary nitrogens is 1. The molecule has 0 aromatic carbocycles. The average molecular weight is 108 g/mol. The zero-order valence-electron chi connectivity index (χ0n) is 3.76. The molecule has 0 aliphatic rings. The van der Waals surface area contributed by atoms with Gasteiger partial charge < -0.3 is 0 Å². The maximum absolute atomic E-state index is 4.96. The lowest BCUT2D eigenvalue weighted by atomic mass is 11.9.